The Kier molecular flexibility index (Phi) is 3.54. The normalized spacial score (nSPS) is 17.4. The van der Waals surface area contributed by atoms with Crippen molar-refractivity contribution in [3.05, 3.63) is 27.9 Å². The van der Waals surface area contributed by atoms with Gasteiger partial charge in [-0.25, -0.2) is 4.98 Å². The van der Waals surface area contributed by atoms with Gasteiger partial charge in [-0.2, -0.15) is 0 Å². The molecule has 4 heteroatoms. The number of piperidine rings is 1. The van der Waals surface area contributed by atoms with Gasteiger partial charge in [-0.15, -0.1) is 22.7 Å². The lowest BCUT2D eigenvalue weighted by Gasteiger charge is -2.25. The first-order valence-corrected chi connectivity index (χ1v) is 7.88. The number of likely N-dealkylation sites (tertiary alicyclic amines) is 1. The summed E-state index contributed by atoms with van der Waals surface area (Å²) in [4.78, 5) is 8.55. The molecule has 0 atom stereocenters. The minimum atomic E-state index is 1.04. The smallest absolute Gasteiger partial charge is 0.107 e. The molecule has 0 aromatic carbocycles. The van der Waals surface area contributed by atoms with Crippen LogP contribution in [0.15, 0.2) is 22.9 Å². The summed E-state index contributed by atoms with van der Waals surface area (Å²) in [5, 5.41) is 5.56. The number of hydrogen-bond acceptors (Lipinski definition) is 4. The predicted octanol–water partition coefficient (Wildman–Crippen LogP) is 3.86. The van der Waals surface area contributed by atoms with Gasteiger partial charge in [-0.1, -0.05) is 12.5 Å². The van der Waals surface area contributed by atoms with Crippen LogP contribution >= 0.6 is 22.7 Å². The molecule has 1 aliphatic heterocycles. The van der Waals surface area contributed by atoms with Crippen molar-refractivity contribution in [1.82, 2.24) is 9.88 Å². The zero-order valence-corrected chi connectivity index (χ0v) is 11.4. The number of nitrogens with zero attached hydrogens (tertiary/aromatic N) is 2. The van der Waals surface area contributed by atoms with E-state index in [1.807, 2.05) is 0 Å². The second-order valence-corrected chi connectivity index (χ2v) is 6.33. The van der Waals surface area contributed by atoms with Crippen molar-refractivity contribution in [2.75, 3.05) is 13.1 Å². The van der Waals surface area contributed by atoms with Crippen LogP contribution in [-0.4, -0.2) is 23.0 Å². The molecule has 3 rings (SSSR count). The second kappa shape index (κ2) is 5.29. The zero-order chi connectivity index (χ0) is 11.5. The summed E-state index contributed by atoms with van der Waals surface area (Å²) in [6, 6.07) is 4.23. The molecule has 0 spiro atoms. The lowest BCUT2D eigenvalue weighted by molar-refractivity contribution is 0.220. The van der Waals surface area contributed by atoms with Crippen LogP contribution in [0.5, 0.6) is 0 Å². The summed E-state index contributed by atoms with van der Waals surface area (Å²) in [7, 11) is 0. The molecule has 90 valence electrons. The summed E-state index contributed by atoms with van der Waals surface area (Å²) < 4.78 is 0. The molecule has 0 radical (unpaired) electrons. The fourth-order valence-electron chi connectivity index (χ4n) is 2.23. The third kappa shape index (κ3) is 2.76. The third-order valence-corrected chi connectivity index (χ3v) is 4.86. The average molecular weight is 264 g/mol. The van der Waals surface area contributed by atoms with E-state index in [0.717, 1.165) is 12.2 Å². The van der Waals surface area contributed by atoms with Gasteiger partial charge < -0.3 is 0 Å². The molecule has 0 bridgehead atoms. The van der Waals surface area contributed by atoms with Crippen LogP contribution < -0.4 is 0 Å². The fraction of sp³-hybridized carbons (Fsp3) is 0.462. The van der Waals surface area contributed by atoms with Crippen molar-refractivity contribution >= 4 is 22.7 Å². The van der Waals surface area contributed by atoms with E-state index >= 15 is 0 Å². The second-order valence-electron chi connectivity index (χ2n) is 4.44. The van der Waals surface area contributed by atoms with Gasteiger partial charge in [0.05, 0.1) is 17.1 Å². The van der Waals surface area contributed by atoms with Gasteiger partial charge in [-0.05, 0) is 37.4 Å². The van der Waals surface area contributed by atoms with Crippen molar-refractivity contribution in [2.24, 2.45) is 0 Å². The zero-order valence-electron chi connectivity index (χ0n) is 9.76. The molecule has 0 amide bonds. The molecule has 17 heavy (non-hydrogen) atoms. The van der Waals surface area contributed by atoms with Crippen molar-refractivity contribution in [2.45, 2.75) is 25.8 Å². The Balaban J connectivity index is 1.68. The van der Waals surface area contributed by atoms with Crippen LogP contribution in [0.4, 0.5) is 0 Å². The summed E-state index contributed by atoms with van der Waals surface area (Å²) in [6.45, 7) is 3.53. The van der Waals surface area contributed by atoms with Crippen LogP contribution in [0, 0.1) is 0 Å². The van der Waals surface area contributed by atoms with Gasteiger partial charge in [0.25, 0.3) is 0 Å². The van der Waals surface area contributed by atoms with Crippen LogP contribution in [0.3, 0.4) is 0 Å². The highest BCUT2D eigenvalue weighted by Gasteiger charge is 2.13. The average Bonchev–Trinajstić information content (AvgIpc) is 3.00. The highest BCUT2D eigenvalue weighted by Crippen LogP contribution is 2.26. The minimum absolute atomic E-state index is 1.04. The van der Waals surface area contributed by atoms with Crippen molar-refractivity contribution in [3.8, 4) is 10.6 Å². The van der Waals surface area contributed by atoms with Gasteiger partial charge in [0, 0.05) is 5.38 Å². The van der Waals surface area contributed by atoms with Crippen molar-refractivity contribution in [1.29, 1.82) is 0 Å². The summed E-state index contributed by atoms with van der Waals surface area (Å²) in [5.41, 5.74) is 1.15. The molecule has 0 N–H and O–H groups in total. The third-order valence-electron chi connectivity index (χ3n) is 3.13. The Morgan fingerprint density at radius 1 is 1.18 bits per heavy atom. The molecule has 2 aromatic heterocycles. The quantitative estimate of drug-likeness (QED) is 0.837. The standard InChI is InChI=1S/C13H16N2S2/c1-2-6-15(7-3-1)9-13-14-11(10-17-13)12-5-4-8-16-12/h4-5,8,10H,1-3,6-7,9H2. The highest BCUT2D eigenvalue weighted by molar-refractivity contribution is 7.14. The molecule has 1 aliphatic rings. The Bertz CT molecular complexity index is 455. The van der Waals surface area contributed by atoms with E-state index in [0.29, 0.717) is 0 Å². The SMILES string of the molecule is c1csc(-c2csc(CN3CCCCC3)n2)c1. The highest BCUT2D eigenvalue weighted by atomic mass is 32.1. The summed E-state index contributed by atoms with van der Waals surface area (Å²) >= 11 is 3.56. The van der Waals surface area contributed by atoms with E-state index in [4.69, 9.17) is 4.98 Å². The Labute approximate surface area is 110 Å². The van der Waals surface area contributed by atoms with Gasteiger partial charge in [0.15, 0.2) is 0 Å². The van der Waals surface area contributed by atoms with Gasteiger partial charge in [0.1, 0.15) is 5.01 Å². The van der Waals surface area contributed by atoms with Gasteiger partial charge in [0.2, 0.25) is 0 Å². The van der Waals surface area contributed by atoms with E-state index in [1.165, 1.54) is 42.2 Å². The van der Waals surface area contributed by atoms with Crippen LogP contribution in [0.2, 0.25) is 0 Å². The molecule has 3 heterocycles. The Morgan fingerprint density at radius 2 is 2.06 bits per heavy atom. The Morgan fingerprint density at radius 3 is 2.82 bits per heavy atom. The summed E-state index contributed by atoms with van der Waals surface area (Å²) in [6.07, 6.45) is 4.10. The number of rotatable bonds is 3. The van der Waals surface area contributed by atoms with Crippen LogP contribution in [-0.2, 0) is 6.54 Å². The maximum atomic E-state index is 4.73. The first kappa shape index (κ1) is 11.4. The molecule has 0 unspecified atom stereocenters. The molecular formula is C13H16N2S2. The van der Waals surface area contributed by atoms with Crippen molar-refractivity contribution in [3.63, 3.8) is 0 Å². The predicted molar refractivity (Wildman–Crippen MR) is 74.6 cm³/mol. The monoisotopic (exact) mass is 264 g/mol. The summed E-state index contributed by atoms with van der Waals surface area (Å²) in [5.74, 6) is 0. The lowest BCUT2D eigenvalue weighted by atomic mass is 10.1. The fourth-order valence-corrected chi connectivity index (χ4v) is 3.83. The topological polar surface area (TPSA) is 16.1 Å². The molecule has 0 saturated carbocycles. The Hall–Kier alpha value is -0.710. The lowest BCUT2D eigenvalue weighted by Crippen LogP contribution is -2.28. The maximum Gasteiger partial charge on any atom is 0.107 e. The molecule has 1 saturated heterocycles. The maximum absolute atomic E-state index is 4.73. The van der Waals surface area contributed by atoms with Crippen LogP contribution in [0.1, 0.15) is 24.3 Å². The molecule has 0 aliphatic carbocycles. The van der Waals surface area contributed by atoms with E-state index in [2.05, 4.69) is 27.8 Å². The van der Waals surface area contributed by atoms with E-state index in [1.54, 1.807) is 22.7 Å². The van der Waals surface area contributed by atoms with E-state index in [9.17, 15) is 0 Å². The minimum Gasteiger partial charge on any atom is -0.297 e. The van der Waals surface area contributed by atoms with E-state index in [-0.39, 0.29) is 0 Å². The first-order chi connectivity index (χ1) is 8.42. The number of aromatic nitrogens is 1. The van der Waals surface area contributed by atoms with E-state index < -0.39 is 0 Å². The molecule has 1 fully saturated rings. The number of hydrogen-bond donors (Lipinski definition) is 0. The molecular weight excluding hydrogens is 248 g/mol. The van der Waals surface area contributed by atoms with Crippen molar-refractivity contribution < 1.29 is 0 Å². The van der Waals surface area contributed by atoms with Crippen LogP contribution in [0.25, 0.3) is 10.6 Å². The molecule has 2 nitrogen and oxygen atoms in total. The molecule has 2 aromatic rings. The van der Waals surface area contributed by atoms with Gasteiger partial charge in [-0.3, -0.25) is 4.90 Å². The largest absolute Gasteiger partial charge is 0.297 e. The number of thiophene rings is 1. The van der Waals surface area contributed by atoms with Gasteiger partial charge >= 0.3 is 0 Å². The first-order valence-electron chi connectivity index (χ1n) is 6.12. The number of thiazole rings is 1.